The summed E-state index contributed by atoms with van der Waals surface area (Å²) < 4.78 is 12.1. The highest BCUT2D eigenvalue weighted by Crippen LogP contribution is 2.47. The van der Waals surface area contributed by atoms with Gasteiger partial charge >= 0.3 is 6.03 Å². The predicted molar refractivity (Wildman–Crippen MR) is 119 cm³/mol. The number of carbonyl (C=O) groups is 3. The second-order valence-electron chi connectivity index (χ2n) is 8.46. The summed E-state index contributed by atoms with van der Waals surface area (Å²) in [6.45, 7) is 1.66. The molecule has 2 heterocycles. The number of hydrogen-bond acceptors (Lipinski definition) is 6. The Morgan fingerprint density at radius 1 is 1.09 bits per heavy atom. The molecule has 1 saturated heterocycles. The number of amides is 4. The number of rotatable bonds is 5. The second-order valence-corrected chi connectivity index (χ2v) is 9.48. The lowest BCUT2D eigenvalue weighted by Gasteiger charge is -2.21. The summed E-state index contributed by atoms with van der Waals surface area (Å²) in [6.07, 6.45) is 3.89. The summed E-state index contributed by atoms with van der Waals surface area (Å²) in [5, 5.41) is 7.81. The third-order valence-corrected chi connectivity index (χ3v) is 7.31. The number of thioether (sulfide) groups is 1. The van der Waals surface area contributed by atoms with Gasteiger partial charge in [-0.1, -0.05) is 12.1 Å². The predicted octanol–water partition coefficient (Wildman–Crippen LogP) is 3.67. The monoisotopic (exact) mass is 453 g/mol. The summed E-state index contributed by atoms with van der Waals surface area (Å²) in [5.74, 6) is 0.437. The Hall–Kier alpha value is -3.20. The Morgan fingerprint density at radius 3 is 2.59 bits per heavy atom. The topological polar surface area (TPSA) is 106 Å². The van der Waals surface area contributed by atoms with Gasteiger partial charge in [-0.2, -0.15) is 0 Å². The summed E-state index contributed by atoms with van der Waals surface area (Å²) in [7, 11) is 0. The van der Waals surface area contributed by atoms with Crippen LogP contribution < -0.4 is 25.4 Å². The fourth-order valence-electron chi connectivity index (χ4n) is 4.17. The molecule has 32 heavy (non-hydrogen) atoms. The molecule has 1 spiro atoms. The first kappa shape index (κ1) is 20.7. The van der Waals surface area contributed by atoms with E-state index in [1.807, 2.05) is 18.2 Å². The normalized spacial score (nSPS) is 22.7. The highest BCUT2D eigenvalue weighted by molar-refractivity contribution is 7.99. The van der Waals surface area contributed by atoms with Crippen molar-refractivity contribution in [3.63, 3.8) is 0 Å². The average molecular weight is 454 g/mol. The lowest BCUT2D eigenvalue weighted by atomic mass is 10.1. The maximum atomic E-state index is 13.0. The van der Waals surface area contributed by atoms with Crippen molar-refractivity contribution in [1.29, 1.82) is 0 Å². The van der Waals surface area contributed by atoms with Gasteiger partial charge in [0.05, 0.1) is 5.56 Å². The molecular formula is C23H23N3O5S. The summed E-state index contributed by atoms with van der Waals surface area (Å²) in [5.41, 5.74) is 0.0659. The van der Waals surface area contributed by atoms with Gasteiger partial charge in [-0.25, -0.2) is 4.79 Å². The highest BCUT2D eigenvalue weighted by Gasteiger charge is 2.44. The number of benzene rings is 2. The molecule has 1 atom stereocenters. The van der Waals surface area contributed by atoms with E-state index in [1.54, 1.807) is 31.2 Å². The maximum Gasteiger partial charge on any atom is 0.322 e. The van der Waals surface area contributed by atoms with Crippen LogP contribution in [0, 0.1) is 0 Å². The Labute approximate surface area is 189 Å². The van der Waals surface area contributed by atoms with Crippen LogP contribution in [0.15, 0.2) is 47.4 Å². The number of nitrogens with one attached hydrogen (secondary N) is 3. The van der Waals surface area contributed by atoms with Gasteiger partial charge in [0.25, 0.3) is 17.6 Å². The number of fused-ring (bicyclic) bond motifs is 1. The molecule has 0 radical (unpaired) electrons. The van der Waals surface area contributed by atoms with Crippen LogP contribution in [0.1, 0.15) is 43.0 Å². The molecule has 5 rings (SSSR count). The number of ether oxygens (including phenoxy) is 2. The van der Waals surface area contributed by atoms with Gasteiger partial charge < -0.3 is 20.1 Å². The molecule has 8 nitrogen and oxygen atoms in total. The molecule has 0 bridgehead atoms. The van der Waals surface area contributed by atoms with Gasteiger partial charge in [-0.15, -0.1) is 11.8 Å². The lowest BCUT2D eigenvalue weighted by Crippen LogP contribution is -2.46. The van der Waals surface area contributed by atoms with E-state index in [0.717, 1.165) is 25.7 Å². The molecule has 2 fully saturated rings. The average Bonchev–Trinajstić information content (AvgIpc) is 3.44. The minimum Gasteiger partial charge on any atom is -0.448 e. The van der Waals surface area contributed by atoms with Gasteiger partial charge in [-0.3, -0.25) is 14.9 Å². The molecular weight excluding hydrogens is 430 g/mol. The number of imide groups is 1. The third-order valence-electron chi connectivity index (χ3n) is 5.92. The fraction of sp³-hybridized carbons (Fsp3) is 0.348. The second kappa shape index (κ2) is 7.74. The van der Waals surface area contributed by atoms with Crippen LogP contribution in [0.3, 0.4) is 0 Å². The fourth-order valence-corrected chi connectivity index (χ4v) is 5.31. The number of urea groups is 1. The van der Waals surface area contributed by atoms with Crippen LogP contribution in [0.4, 0.5) is 10.5 Å². The molecule has 2 aromatic rings. The van der Waals surface area contributed by atoms with Crippen LogP contribution in [0.5, 0.6) is 11.5 Å². The zero-order chi connectivity index (χ0) is 22.3. The first-order valence-electron chi connectivity index (χ1n) is 10.5. The number of carbonyl (C=O) groups excluding carboxylic acids is 3. The molecule has 0 aromatic heterocycles. The first-order valence-corrected chi connectivity index (χ1v) is 11.5. The minimum atomic E-state index is -1.03. The molecule has 2 aliphatic heterocycles. The largest absolute Gasteiger partial charge is 0.448 e. The van der Waals surface area contributed by atoms with Gasteiger partial charge in [0.2, 0.25) is 0 Å². The van der Waals surface area contributed by atoms with E-state index < -0.39 is 17.4 Å². The molecule has 0 unspecified atom stereocenters. The summed E-state index contributed by atoms with van der Waals surface area (Å²) >= 11 is 1.34. The van der Waals surface area contributed by atoms with E-state index in [-0.39, 0.29) is 11.8 Å². The first-order chi connectivity index (χ1) is 15.4. The molecule has 3 aliphatic rings. The van der Waals surface area contributed by atoms with E-state index in [0.29, 0.717) is 33.4 Å². The van der Waals surface area contributed by atoms with Crippen molar-refractivity contribution >= 4 is 35.3 Å². The third kappa shape index (κ3) is 3.77. The minimum absolute atomic E-state index is 0.271. The molecule has 166 valence electrons. The highest BCUT2D eigenvalue weighted by atomic mass is 32.2. The van der Waals surface area contributed by atoms with Crippen molar-refractivity contribution in [3.05, 3.63) is 48.0 Å². The van der Waals surface area contributed by atoms with Gasteiger partial charge in [0.15, 0.2) is 11.5 Å². The van der Waals surface area contributed by atoms with Crippen molar-refractivity contribution in [1.82, 2.24) is 10.6 Å². The Morgan fingerprint density at radius 2 is 1.84 bits per heavy atom. The zero-order valence-electron chi connectivity index (χ0n) is 17.5. The number of hydrogen-bond donors (Lipinski definition) is 3. The van der Waals surface area contributed by atoms with Gasteiger partial charge in [0.1, 0.15) is 5.54 Å². The van der Waals surface area contributed by atoms with Crippen molar-refractivity contribution in [2.45, 2.75) is 48.8 Å². The van der Waals surface area contributed by atoms with E-state index in [9.17, 15) is 14.4 Å². The standard InChI is InChI=1S/C23H23N3O5S/c1-22(20(28)25-21(29)26-22)13-32-18-7-3-2-6-15(18)19(27)24-14-8-9-16-17(12-14)31-23(30-16)10-4-5-11-23/h2-3,6-9,12H,4-5,10-11,13H2,1H3,(H,24,27)(H2,25,26,28,29)/t22-/m0/s1. The van der Waals surface area contributed by atoms with Crippen molar-refractivity contribution in [3.8, 4) is 11.5 Å². The Balaban J connectivity index is 1.29. The smallest absolute Gasteiger partial charge is 0.322 e. The van der Waals surface area contributed by atoms with Gasteiger partial charge in [0, 0.05) is 35.2 Å². The Kier molecular flexibility index (Phi) is 5.00. The Bertz CT molecular complexity index is 1110. The zero-order valence-corrected chi connectivity index (χ0v) is 18.3. The van der Waals surface area contributed by atoms with Gasteiger partial charge in [-0.05, 0) is 44.0 Å². The quantitative estimate of drug-likeness (QED) is 0.471. The van der Waals surface area contributed by atoms with Crippen molar-refractivity contribution in [2.75, 3.05) is 11.1 Å². The maximum absolute atomic E-state index is 13.0. The van der Waals surface area contributed by atoms with Crippen molar-refractivity contribution < 1.29 is 23.9 Å². The van der Waals surface area contributed by atoms with E-state index in [1.165, 1.54) is 11.8 Å². The summed E-state index contributed by atoms with van der Waals surface area (Å²) in [4.78, 5) is 37.3. The summed E-state index contributed by atoms with van der Waals surface area (Å²) in [6, 6.07) is 12.1. The molecule has 9 heteroatoms. The molecule has 3 N–H and O–H groups in total. The number of anilines is 1. The van der Waals surface area contributed by atoms with Crippen LogP contribution in [-0.2, 0) is 4.79 Å². The van der Waals surface area contributed by atoms with E-state index >= 15 is 0 Å². The molecule has 4 amide bonds. The lowest BCUT2D eigenvalue weighted by molar-refractivity contribution is -0.122. The molecule has 2 aromatic carbocycles. The van der Waals surface area contributed by atoms with Crippen LogP contribution in [0.25, 0.3) is 0 Å². The van der Waals surface area contributed by atoms with Crippen molar-refractivity contribution in [2.24, 2.45) is 0 Å². The SMILES string of the molecule is C[C@@]1(CSc2ccccc2C(=O)Nc2ccc3c(c2)OC2(CCCC2)O3)NC(=O)NC1=O. The van der Waals surface area contributed by atoms with Crippen LogP contribution in [0.2, 0.25) is 0 Å². The van der Waals surface area contributed by atoms with Crippen LogP contribution in [-0.4, -0.2) is 34.9 Å². The molecule has 1 aliphatic carbocycles. The molecule has 1 saturated carbocycles. The van der Waals surface area contributed by atoms with E-state index in [4.69, 9.17) is 9.47 Å². The van der Waals surface area contributed by atoms with E-state index in [2.05, 4.69) is 16.0 Å². The van der Waals surface area contributed by atoms with Crippen LogP contribution >= 0.6 is 11.8 Å².